The topological polar surface area (TPSA) is 66.0 Å². The molecule has 1 aromatic carbocycles. The summed E-state index contributed by atoms with van der Waals surface area (Å²) in [6.45, 7) is 0. The molecule has 2 N–H and O–H groups in total. The molecule has 0 unspecified atom stereocenters. The lowest BCUT2D eigenvalue weighted by molar-refractivity contribution is 0.416. The minimum Gasteiger partial charge on any atom is -0.496 e. The first-order valence-corrected chi connectivity index (χ1v) is 6.39. The van der Waals surface area contributed by atoms with E-state index in [2.05, 4.69) is 9.97 Å². The van der Waals surface area contributed by atoms with Crippen molar-refractivity contribution in [3.63, 3.8) is 0 Å². The van der Waals surface area contributed by atoms with Crippen LogP contribution < -0.4 is 10.5 Å². The van der Waals surface area contributed by atoms with Crippen molar-refractivity contribution in [2.24, 2.45) is 7.05 Å². The fourth-order valence-electron chi connectivity index (χ4n) is 2.21. The Balaban J connectivity index is 2.30. The molecule has 0 aliphatic heterocycles. The van der Waals surface area contributed by atoms with Crippen LogP contribution in [0.2, 0.25) is 5.02 Å². The van der Waals surface area contributed by atoms with Crippen molar-refractivity contribution in [2.45, 2.75) is 0 Å². The molecule has 0 spiro atoms. The Kier molecular flexibility index (Phi) is 2.99. The molecule has 2 heterocycles. The minimum absolute atomic E-state index is 0.478. The third-order valence-electron chi connectivity index (χ3n) is 3.24. The molecule has 102 valence electrons. The minimum atomic E-state index is 0.478. The van der Waals surface area contributed by atoms with Crippen LogP contribution in [-0.4, -0.2) is 21.6 Å². The van der Waals surface area contributed by atoms with Crippen LogP contribution in [0, 0.1) is 0 Å². The zero-order chi connectivity index (χ0) is 14.3. The van der Waals surface area contributed by atoms with Crippen molar-refractivity contribution in [2.75, 3.05) is 12.8 Å². The van der Waals surface area contributed by atoms with E-state index in [0.717, 1.165) is 22.4 Å². The van der Waals surface area contributed by atoms with E-state index in [1.807, 2.05) is 17.7 Å². The quantitative estimate of drug-likeness (QED) is 0.736. The molecule has 6 heteroatoms. The van der Waals surface area contributed by atoms with Gasteiger partial charge in [0.1, 0.15) is 17.1 Å². The summed E-state index contributed by atoms with van der Waals surface area (Å²) in [4.78, 5) is 8.66. The second-order valence-electron chi connectivity index (χ2n) is 4.43. The number of hydrogen-bond acceptors (Lipinski definition) is 4. The summed E-state index contributed by atoms with van der Waals surface area (Å²) < 4.78 is 7.35. The Morgan fingerprint density at radius 2 is 2.15 bits per heavy atom. The highest BCUT2D eigenvalue weighted by Crippen LogP contribution is 2.36. The number of imidazole rings is 1. The Morgan fingerprint density at radius 3 is 2.85 bits per heavy atom. The maximum Gasteiger partial charge on any atom is 0.144 e. The summed E-state index contributed by atoms with van der Waals surface area (Å²) in [5.74, 6) is 1.39. The third kappa shape index (κ3) is 1.87. The van der Waals surface area contributed by atoms with Crippen LogP contribution in [0.3, 0.4) is 0 Å². The lowest BCUT2D eigenvalue weighted by atomic mass is 10.1. The molecule has 0 radical (unpaired) electrons. The number of nitrogens with zero attached hydrogens (tertiary/aromatic N) is 3. The zero-order valence-corrected chi connectivity index (χ0v) is 11.8. The van der Waals surface area contributed by atoms with Crippen LogP contribution in [0.4, 0.5) is 5.69 Å². The number of aryl methyl sites for hydroxylation is 1. The molecule has 0 saturated carbocycles. The molecule has 0 amide bonds. The van der Waals surface area contributed by atoms with Crippen molar-refractivity contribution < 1.29 is 4.74 Å². The summed E-state index contributed by atoms with van der Waals surface area (Å²) in [6, 6.07) is 5.39. The molecule has 3 aromatic rings. The number of nitrogens with two attached hydrogens (primary N) is 1. The van der Waals surface area contributed by atoms with E-state index >= 15 is 0 Å². The van der Waals surface area contributed by atoms with Gasteiger partial charge >= 0.3 is 0 Å². The number of fused-ring (bicyclic) bond motifs is 1. The molecule has 3 rings (SSSR count). The maximum absolute atomic E-state index is 6.11. The first-order chi connectivity index (χ1) is 9.61. The molecule has 0 atom stereocenters. The highest BCUT2D eigenvalue weighted by molar-refractivity contribution is 6.33. The van der Waals surface area contributed by atoms with Crippen LogP contribution >= 0.6 is 11.6 Å². The van der Waals surface area contributed by atoms with E-state index in [4.69, 9.17) is 22.1 Å². The van der Waals surface area contributed by atoms with E-state index < -0.39 is 0 Å². The lowest BCUT2D eigenvalue weighted by Crippen LogP contribution is -1.97. The van der Waals surface area contributed by atoms with E-state index in [1.54, 1.807) is 31.6 Å². The summed E-state index contributed by atoms with van der Waals surface area (Å²) in [7, 11) is 3.53. The Hall–Kier alpha value is -2.27. The second kappa shape index (κ2) is 4.68. The third-order valence-corrected chi connectivity index (χ3v) is 3.57. The number of hydrogen-bond donors (Lipinski definition) is 1. The van der Waals surface area contributed by atoms with Crippen molar-refractivity contribution in [1.82, 2.24) is 14.5 Å². The fourth-order valence-corrected chi connectivity index (χ4v) is 2.37. The summed E-state index contributed by atoms with van der Waals surface area (Å²) in [5.41, 5.74) is 8.89. The van der Waals surface area contributed by atoms with Gasteiger partial charge in [-0.3, -0.25) is 4.98 Å². The van der Waals surface area contributed by atoms with Gasteiger partial charge in [-0.05, 0) is 12.1 Å². The number of rotatable bonds is 2. The monoisotopic (exact) mass is 288 g/mol. The largest absolute Gasteiger partial charge is 0.496 e. The van der Waals surface area contributed by atoms with Crippen LogP contribution in [0.5, 0.6) is 5.75 Å². The molecular weight excluding hydrogens is 276 g/mol. The molecule has 5 nitrogen and oxygen atoms in total. The molecule has 0 aliphatic carbocycles. The average molecular weight is 289 g/mol. The van der Waals surface area contributed by atoms with Crippen LogP contribution in [0.1, 0.15) is 0 Å². The number of pyridine rings is 1. The molecule has 20 heavy (non-hydrogen) atoms. The predicted octanol–water partition coefficient (Wildman–Crippen LogP) is 2.88. The molecule has 0 fully saturated rings. The van der Waals surface area contributed by atoms with Gasteiger partial charge in [-0.2, -0.15) is 0 Å². The summed E-state index contributed by atoms with van der Waals surface area (Å²) in [5, 5.41) is 0.478. The second-order valence-corrected chi connectivity index (χ2v) is 4.84. The van der Waals surface area contributed by atoms with Gasteiger partial charge in [0, 0.05) is 19.3 Å². The van der Waals surface area contributed by atoms with Crippen LogP contribution in [0.15, 0.2) is 30.6 Å². The maximum atomic E-state index is 6.11. The van der Waals surface area contributed by atoms with E-state index in [0.29, 0.717) is 16.5 Å². The number of aromatic nitrogens is 3. The number of anilines is 1. The van der Waals surface area contributed by atoms with Gasteiger partial charge in [-0.25, -0.2) is 4.98 Å². The van der Waals surface area contributed by atoms with Crippen molar-refractivity contribution >= 4 is 28.3 Å². The number of halogens is 1. The summed E-state index contributed by atoms with van der Waals surface area (Å²) in [6.07, 6.45) is 3.46. The zero-order valence-electron chi connectivity index (χ0n) is 11.1. The molecule has 0 aliphatic rings. The predicted molar refractivity (Wildman–Crippen MR) is 79.9 cm³/mol. The highest BCUT2D eigenvalue weighted by Gasteiger charge is 2.16. The van der Waals surface area contributed by atoms with Gasteiger partial charge in [0.05, 0.1) is 35.1 Å². The molecule has 2 aromatic heterocycles. The van der Waals surface area contributed by atoms with Crippen molar-refractivity contribution in [3.05, 3.63) is 35.6 Å². The molecule has 0 saturated heterocycles. The van der Waals surface area contributed by atoms with E-state index in [9.17, 15) is 0 Å². The van der Waals surface area contributed by atoms with Gasteiger partial charge in [0.15, 0.2) is 0 Å². The number of ether oxygens (including phenoxy) is 1. The first-order valence-electron chi connectivity index (χ1n) is 6.01. The Bertz CT molecular complexity index is 797. The van der Waals surface area contributed by atoms with Crippen LogP contribution in [-0.2, 0) is 7.05 Å². The number of benzene rings is 1. The normalized spacial score (nSPS) is 10.9. The highest BCUT2D eigenvalue weighted by atomic mass is 35.5. The van der Waals surface area contributed by atoms with Crippen molar-refractivity contribution in [1.29, 1.82) is 0 Å². The van der Waals surface area contributed by atoms with Crippen molar-refractivity contribution in [3.8, 4) is 17.1 Å². The molecule has 0 bridgehead atoms. The Morgan fingerprint density at radius 1 is 1.35 bits per heavy atom. The standard InChI is InChI=1S/C14H13ClN4O/c1-19-12-3-4-17-7-11(12)18-14(19)8-5-9(15)10(16)6-13(8)20-2/h3-7H,16H2,1-2H3. The van der Waals surface area contributed by atoms with E-state index in [-0.39, 0.29) is 0 Å². The number of nitrogen functional groups attached to an aromatic ring is 1. The van der Waals surface area contributed by atoms with Gasteiger partial charge in [-0.1, -0.05) is 11.6 Å². The smallest absolute Gasteiger partial charge is 0.144 e. The Labute approximate surface area is 121 Å². The average Bonchev–Trinajstić information content (AvgIpc) is 2.79. The van der Waals surface area contributed by atoms with E-state index in [1.165, 1.54) is 0 Å². The van der Waals surface area contributed by atoms with Gasteiger partial charge in [-0.15, -0.1) is 0 Å². The number of methoxy groups -OCH3 is 1. The van der Waals surface area contributed by atoms with Gasteiger partial charge in [0.25, 0.3) is 0 Å². The summed E-state index contributed by atoms with van der Waals surface area (Å²) >= 11 is 6.11. The van der Waals surface area contributed by atoms with Crippen LogP contribution in [0.25, 0.3) is 22.4 Å². The molecular formula is C14H13ClN4O. The lowest BCUT2D eigenvalue weighted by Gasteiger charge is -2.10. The first kappa shape index (κ1) is 12.7. The SMILES string of the molecule is COc1cc(N)c(Cl)cc1-c1nc2cnccc2n1C. The fraction of sp³-hybridized carbons (Fsp3) is 0.143. The van der Waals surface area contributed by atoms with Gasteiger partial charge < -0.3 is 15.0 Å². The van der Waals surface area contributed by atoms with Gasteiger partial charge in [0.2, 0.25) is 0 Å².